The van der Waals surface area contributed by atoms with Crippen molar-refractivity contribution in [2.24, 2.45) is 23.7 Å². The van der Waals surface area contributed by atoms with Gasteiger partial charge in [-0.2, -0.15) is 0 Å². The molecule has 0 aromatic heterocycles. The van der Waals surface area contributed by atoms with E-state index >= 15 is 0 Å². The first-order valence-electron chi connectivity index (χ1n) is 6.85. The van der Waals surface area contributed by atoms with Gasteiger partial charge in [-0.1, -0.05) is 13.8 Å². The largest absolute Gasteiger partial charge is 0.393 e. The quantitative estimate of drug-likeness (QED) is 0.531. The van der Waals surface area contributed by atoms with E-state index in [1.807, 2.05) is 0 Å². The van der Waals surface area contributed by atoms with E-state index in [9.17, 15) is 19.2 Å². The van der Waals surface area contributed by atoms with E-state index in [-0.39, 0.29) is 12.8 Å². The van der Waals surface area contributed by atoms with Crippen molar-refractivity contribution in [1.29, 1.82) is 0 Å². The molecule has 0 bridgehead atoms. The number of carbonyl (C=O) groups excluding carboxylic acids is 4. The Morgan fingerprint density at radius 3 is 1.25 bits per heavy atom. The fraction of sp³-hybridized carbons (Fsp3) is 0.714. The van der Waals surface area contributed by atoms with Crippen LogP contribution in [0.15, 0.2) is 0 Å². The summed E-state index contributed by atoms with van der Waals surface area (Å²) in [5.74, 6) is -2.42. The van der Waals surface area contributed by atoms with Crippen molar-refractivity contribution in [2.75, 3.05) is 0 Å². The van der Waals surface area contributed by atoms with Crippen LogP contribution in [0.4, 0.5) is 0 Å². The average Bonchev–Trinajstić information content (AvgIpc) is 2.80. The van der Waals surface area contributed by atoms with Crippen LogP contribution in [0.5, 0.6) is 0 Å². The molecule has 0 aromatic rings. The van der Waals surface area contributed by atoms with Crippen LogP contribution in [-0.4, -0.2) is 23.9 Å². The van der Waals surface area contributed by atoms with Gasteiger partial charge in [0.1, 0.15) is 0 Å². The summed E-state index contributed by atoms with van der Waals surface area (Å²) in [6, 6.07) is 0. The highest BCUT2D eigenvalue weighted by molar-refractivity contribution is 6.01. The third kappa shape index (κ3) is 3.23. The molecular weight excluding hydrogens is 264 g/mol. The van der Waals surface area contributed by atoms with Crippen LogP contribution in [0.2, 0.25) is 0 Å². The van der Waals surface area contributed by atoms with E-state index in [1.54, 1.807) is 0 Å². The predicted octanol–water partition coefficient (Wildman–Crippen LogP) is 1.22. The molecule has 1 aliphatic carbocycles. The minimum Gasteiger partial charge on any atom is -0.393 e. The number of esters is 4. The molecule has 2 unspecified atom stereocenters. The van der Waals surface area contributed by atoms with Crippen molar-refractivity contribution in [3.05, 3.63) is 0 Å². The van der Waals surface area contributed by atoms with E-state index in [1.165, 1.54) is 12.8 Å². The van der Waals surface area contributed by atoms with E-state index in [4.69, 9.17) is 0 Å². The lowest BCUT2D eigenvalue weighted by molar-refractivity contribution is -0.158. The molecule has 2 aliphatic heterocycles. The van der Waals surface area contributed by atoms with E-state index < -0.39 is 35.7 Å². The van der Waals surface area contributed by atoms with Crippen LogP contribution in [-0.2, 0) is 28.7 Å². The second-order valence-electron chi connectivity index (χ2n) is 5.89. The number of ether oxygens (including phenoxy) is 2. The van der Waals surface area contributed by atoms with Crippen LogP contribution in [0.25, 0.3) is 0 Å². The highest BCUT2D eigenvalue weighted by atomic mass is 16.6. The molecule has 110 valence electrons. The molecule has 1 saturated carbocycles. The number of hydrogen-bond acceptors (Lipinski definition) is 6. The average molecular weight is 282 g/mol. The van der Waals surface area contributed by atoms with Gasteiger partial charge in [0.2, 0.25) is 0 Å². The summed E-state index contributed by atoms with van der Waals surface area (Å²) in [5, 5.41) is 0. The van der Waals surface area contributed by atoms with Gasteiger partial charge >= 0.3 is 23.9 Å². The van der Waals surface area contributed by atoms with E-state index in [0.717, 1.165) is 11.8 Å². The van der Waals surface area contributed by atoms with Crippen LogP contribution in [0.1, 0.15) is 39.5 Å². The Balaban J connectivity index is 0.000000205. The lowest BCUT2D eigenvalue weighted by atomic mass is 9.78. The lowest BCUT2D eigenvalue weighted by Gasteiger charge is -2.28. The first kappa shape index (κ1) is 14.7. The summed E-state index contributed by atoms with van der Waals surface area (Å²) >= 11 is 0. The van der Waals surface area contributed by atoms with Crippen molar-refractivity contribution < 1.29 is 28.7 Å². The maximum Gasteiger partial charge on any atom is 0.318 e. The summed E-state index contributed by atoms with van der Waals surface area (Å²) in [6.07, 6.45) is 2.65. The zero-order valence-corrected chi connectivity index (χ0v) is 11.6. The molecular formula is C14H18O6. The van der Waals surface area contributed by atoms with Gasteiger partial charge in [0.05, 0.1) is 24.7 Å². The van der Waals surface area contributed by atoms with Crippen molar-refractivity contribution in [1.82, 2.24) is 0 Å². The van der Waals surface area contributed by atoms with Gasteiger partial charge in [0, 0.05) is 0 Å². The standard InChI is InChI=1S/C8H6O6.C6H12/c9-5-1-3(7(11)13-5)4-2-6(10)14-8(4)12;1-5-3-6(2)4-5/h3-4H,1-2H2;5-6H,3-4H2,1-2H3. The van der Waals surface area contributed by atoms with Crippen molar-refractivity contribution in [3.63, 3.8) is 0 Å². The third-order valence-corrected chi connectivity index (χ3v) is 3.90. The van der Waals surface area contributed by atoms with Crippen molar-refractivity contribution in [2.45, 2.75) is 39.5 Å². The van der Waals surface area contributed by atoms with Gasteiger partial charge < -0.3 is 9.47 Å². The number of carbonyl (C=O) groups is 4. The first-order chi connectivity index (χ1) is 9.36. The van der Waals surface area contributed by atoms with Crippen molar-refractivity contribution >= 4 is 23.9 Å². The Kier molecular flexibility index (Phi) is 4.20. The first-order valence-corrected chi connectivity index (χ1v) is 6.85. The van der Waals surface area contributed by atoms with Gasteiger partial charge in [-0.3, -0.25) is 19.2 Å². The molecule has 6 heteroatoms. The van der Waals surface area contributed by atoms with Crippen LogP contribution < -0.4 is 0 Å². The third-order valence-electron chi connectivity index (χ3n) is 3.90. The Hall–Kier alpha value is -1.72. The van der Waals surface area contributed by atoms with Gasteiger partial charge in [-0.05, 0) is 24.7 Å². The SMILES string of the molecule is CC1CC(C)C1.O=C1CC(C2CC(=O)OC2=O)C(=O)O1. The molecule has 2 heterocycles. The zero-order chi connectivity index (χ0) is 14.9. The smallest absolute Gasteiger partial charge is 0.318 e. The molecule has 0 N–H and O–H groups in total. The molecule has 0 radical (unpaired) electrons. The molecule has 3 aliphatic rings. The molecule has 3 rings (SSSR count). The summed E-state index contributed by atoms with van der Waals surface area (Å²) in [7, 11) is 0. The molecule has 2 saturated heterocycles. The number of hydrogen-bond donors (Lipinski definition) is 0. The van der Waals surface area contributed by atoms with Crippen molar-refractivity contribution in [3.8, 4) is 0 Å². The molecule has 3 fully saturated rings. The zero-order valence-electron chi connectivity index (χ0n) is 11.6. The molecule has 0 amide bonds. The Morgan fingerprint density at radius 1 is 0.750 bits per heavy atom. The highest BCUT2D eigenvalue weighted by Crippen LogP contribution is 2.32. The summed E-state index contributed by atoms with van der Waals surface area (Å²) in [5.41, 5.74) is 0. The fourth-order valence-corrected chi connectivity index (χ4v) is 2.90. The maximum atomic E-state index is 11.1. The Bertz CT molecular complexity index is 409. The second kappa shape index (κ2) is 5.73. The van der Waals surface area contributed by atoms with Gasteiger partial charge in [0.15, 0.2) is 0 Å². The molecule has 0 spiro atoms. The Labute approximate surface area is 116 Å². The van der Waals surface area contributed by atoms with Gasteiger partial charge in [-0.25, -0.2) is 0 Å². The number of cyclic esters (lactones) is 4. The number of rotatable bonds is 1. The van der Waals surface area contributed by atoms with Gasteiger partial charge in [0.25, 0.3) is 0 Å². The second-order valence-corrected chi connectivity index (χ2v) is 5.89. The highest BCUT2D eigenvalue weighted by Gasteiger charge is 2.48. The molecule has 0 aromatic carbocycles. The lowest BCUT2D eigenvalue weighted by Crippen LogP contribution is -2.23. The molecule has 6 nitrogen and oxygen atoms in total. The van der Waals surface area contributed by atoms with Crippen LogP contribution in [0, 0.1) is 23.7 Å². The van der Waals surface area contributed by atoms with Crippen LogP contribution >= 0.6 is 0 Å². The molecule has 2 atom stereocenters. The fourth-order valence-electron chi connectivity index (χ4n) is 2.90. The molecule has 20 heavy (non-hydrogen) atoms. The maximum absolute atomic E-state index is 11.1. The topological polar surface area (TPSA) is 86.7 Å². The van der Waals surface area contributed by atoms with E-state index in [2.05, 4.69) is 23.3 Å². The van der Waals surface area contributed by atoms with E-state index in [0.29, 0.717) is 0 Å². The Morgan fingerprint density at radius 2 is 1.10 bits per heavy atom. The summed E-state index contributed by atoms with van der Waals surface area (Å²) in [4.78, 5) is 43.6. The van der Waals surface area contributed by atoms with Gasteiger partial charge in [-0.15, -0.1) is 0 Å². The minimum absolute atomic E-state index is 0.147. The minimum atomic E-state index is -0.846. The summed E-state index contributed by atoms with van der Waals surface area (Å²) in [6.45, 7) is 4.64. The summed E-state index contributed by atoms with van der Waals surface area (Å²) < 4.78 is 8.55. The normalized spacial score (nSPS) is 35.9. The van der Waals surface area contributed by atoms with Crippen LogP contribution in [0.3, 0.4) is 0 Å². The monoisotopic (exact) mass is 282 g/mol. The predicted molar refractivity (Wildman–Crippen MR) is 66.0 cm³/mol.